The van der Waals surface area contributed by atoms with Crippen molar-refractivity contribution in [2.75, 3.05) is 144 Å². The first-order valence-corrected chi connectivity index (χ1v) is 16.3. The molecule has 0 heterocycles. The molecule has 0 aliphatic rings. The van der Waals surface area contributed by atoms with Gasteiger partial charge in [-0.15, -0.1) is 0 Å². The van der Waals surface area contributed by atoms with Crippen molar-refractivity contribution in [1.82, 2.24) is 35.6 Å². The standard InChI is InChI=1S/C30H73N11/c1-29(2,3)27-37-15-21-40(25-23-38(16-8-32)17-9-33)26-24-39(19-12-35-11-7-31)20-13-36-14-22-41(18-10-34)28-30(4,5)6/h35-37H,7-28,31-34H2,1-6H3. The fraction of sp³-hybridized carbons (Fsp3) is 1.00. The molecule has 0 aliphatic heterocycles. The van der Waals surface area contributed by atoms with Crippen molar-refractivity contribution in [3.63, 3.8) is 0 Å². The van der Waals surface area contributed by atoms with Crippen LogP contribution in [0.15, 0.2) is 0 Å². The van der Waals surface area contributed by atoms with Gasteiger partial charge in [0.15, 0.2) is 0 Å². The molecule has 11 nitrogen and oxygen atoms in total. The number of rotatable bonds is 28. The third-order valence-corrected chi connectivity index (χ3v) is 6.89. The monoisotopic (exact) mass is 588 g/mol. The van der Waals surface area contributed by atoms with Gasteiger partial charge in [-0.25, -0.2) is 0 Å². The molecular formula is C30H73N11. The first kappa shape index (κ1) is 40.6. The van der Waals surface area contributed by atoms with Gasteiger partial charge in [-0.3, -0.25) is 14.7 Å². The predicted molar refractivity (Wildman–Crippen MR) is 179 cm³/mol. The van der Waals surface area contributed by atoms with Gasteiger partial charge in [0.25, 0.3) is 0 Å². The maximum Gasteiger partial charge on any atom is 0.0110 e. The van der Waals surface area contributed by atoms with Crippen molar-refractivity contribution >= 4 is 0 Å². The second-order valence-electron chi connectivity index (χ2n) is 13.8. The molecule has 0 aromatic carbocycles. The van der Waals surface area contributed by atoms with Gasteiger partial charge in [-0.2, -0.15) is 0 Å². The molecule has 0 fully saturated rings. The molecule has 0 unspecified atom stereocenters. The van der Waals surface area contributed by atoms with Crippen LogP contribution in [0.2, 0.25) is 0 Å². The predicted octanol–water partition coefficient (Wildman–Crippen LogP) is -1.11. The zero-order chi connectivity index (χ0) is 31.0. The summed E-state index contributed by atoms with van der Waals surface area (Å²) < 4.78 is 0. The minimum absolute atomic E-state index is 0.280. The fourth-order valence-corrected chi connectivity index (χ4v) is 4.82. The number of nitrogens with one attached hydrogen (secondary N) is 3. The SMILES string of the molecule is CC(C)(C)CNCCN(CCN(CCN)CCN)CCN(CCNCCN)CCNCCN(CCN)CC(C)(C)C. The highest BCUT2D eigenvalue weighted by Crippen LogP contribution is 2.14. The van der Waals surface area contributed by atoms with Gasteiger partial charge in [0.05, 0.1) is 0 Å². The molecule has 0 radical (unpaired) electrons. The van der Waals surface area contributed by atoms with Crippen molar-refractivity contribution in [3.8, 4) is 0 Å². The minimum Gasteiger partial charge on any atom is -0.329 e. The summed E-state index contributed by atoms with van der Waals surface area (Å²) in [5, 5.41) is 10.8. The molecule has 0 aromatic rings. The van der Waals surface area contributed by atoms with Crippen LogP contribution in [-0.4, -0.2) is 164 Å². The van der Waals surface area contributed by atoms with E-state index in [2.05, 4.69) is 77.1 Å². The van der Waals surface area contributed by atoms with E-state index in [0.717, 1.165) is 118 Å². The molecule has 0 bridgehead atoms. The van der Waals surface area contributed by atoms with Crippen LogP contribution < -0.4 is 38.9 Å². The molecule has 0 aromatic heterocycles. The van der Waals surface area contributed by atoms with Crippen molar-refractivity contribution in [3.05, 3.63) is 0 Å². The van der Waals surface area contributed by atoms with E-state index in [1.807, 2.05) is 0 Å². The third-order valence-electron chi connectivity index (χ3n) is 6.89. The average Bonchev–Trinajstić information content (AvgIpc) is 2.88. The highest BCUT2D eigenvalue weighted by Gasteiger charge is 2.16. The Labute approximate surface area is 254 Å². The van der Waals surface area contributed by atoms with E-state index in [1.165, 1.54) is 0 Å². The number of nitrogens with two attached hydrogens (primary N) is 4. The molecule has 248 valence electrons. The molecule has 41 heavy (non-hydrogen) atoms. The van der Waals surface area contributed by atoms with Crippen LogP contribution in [0.1, 0.15) is 41.5 Å². The summed E-state index contributed by atoms with van der Waals surface area (Å²) in [6, 6.07) is 0. The fourth-order valence-electron chi connectivity index (χ4n) is 4.82. The largest absolute Gasteiger partial charge is 0.329 e. The molecule has 0 saturated carbocycles. The van der Waals surface area contributed by atoms with Crippen molar-refractivity contribution < 1.29 is 0 Å². The highest BCUT2D eigenvalue weighted by atomic mass is 15.2. The summed E-state index contributed by atoms with van der Waals surface area (Å²) in [7, 11) is 0. The van der Waals surface area contributed by atoms with Gasteiger partial charge < -0.3 is 43.8 Å². The van der Waals surface area contributed by atoms with Crippen LogP contribution in [-0.2, 0) is 0 Å². The summed E-state index contributed by atoms with van der Waals surface area (Å²) in [5.74, 6) is 0. The number of nitrogens with zero attached hydrogens (tertiary/aromatic N) is 4. The summed E-state index contributed by atoms with van der Waals surface area (Å²) in [6.45, 7) is 34.3. The zero-order valence-corrected chi connectivity index (χ0v) is 28.2. The Hall–Kier alpha value is -0.440. The Kier molecular flexibility index (Phi) is 24.7. The Bertz CT molecular complexity index is 560. The molecule has 0 saturated heterocycles. The molecular weight excluding hydrogens is 514 g/mol. The van der Waals surface area contributed by atoms with E-state index in [-0.39, 0.29) is 10.8 Å². The summed E-state index contributed by atoms with van der Waals surface area (Å²) in [4.78, 5) is 10.0. The number of hydrogen-bond acceptors (Lipinski definition) is 11. The molecule has 0 atom stereocenters. The molecule has 0 rings (SSSR count). The van der Waals surface area contributed by atoms with Crippen LogP contribution in [0, 0.1) is 10.8 Å². The maximum absolute atomic E-state index is 5.87. The highest BCUT2D eigenvalue weighted by molar-refractivity contribution is 4.73. The van der Waals surface area contributed by atoms with Crippen LogP contribution >= 0.6 is 0 Å². The normalized spacial score (nSPS) is 13.0. The lowest BCUT2D eigenvalue weighted by Gasteiger charge is -2.31. The first-order valence-electron chi connectivity index (χ1n) is 16.3. The summed E-state index contributed by atoms with van der Waals surface area (Å²) >= 11 is 0. The summed E-state index contributed by atoms with van der Waals surface area (Å²) in [6.07, 6.45) is 0. The van der Waals surface area contributed by atoms with Gasteiger partial charge in [-0.1, -0.05) is 41.5 Å². The van der Waals surface area contributed by atoms with Gasteiger partial charge in [0.1, 0.15) is 0 Å². The quantitative estimate of drug-likeness (QED) is 0.0558. The van der Waals surface area contributed by atoms with Gasteiger partial charge >= 0.3 is 0 Å². The molecule has 11 heteroatoms. The molecule has 0 aliphatic carbocycles. The maximum atomic E-state index is 5.87. The van der Waals surface area contributed by atoms with Gasteiger partial charge in [0, 0.05) is 144 Å². The first-order chi connectivity index (χ1) is 19.4. The van der Waals surface area contributed by atoms with Crippen LogP contribution in [0.3, 0.4) is 0 Å². The van der Waals surface area contributed by atoms with Gasteiger partial charge in [0.2, 0.25) is 0 Å². The number of hydrogen-bond donors (Lipinski definition) is 7. The lowest BCUT2D eigenvalue weighted by Crippen LogP contribution is -2.46. The summed E-state index contributed by atoms with van der Waals surface area (Å²) in [5.41, 5.74) is 23.8. The third kappa shape index (κ3) is 26.9. The van der Waals surface area contributed by atoms with E-state index >= 15 is 0 Å². The van der Waals surface area contributed by atoms with Crippen molar-refractivity contribution in [2.45, 2.75) is 41.5 Å². The van der Waals surface area contributed by atoms with Crippen molar-refractivity contribution in [1.29, 1.82) is 0 Å². The smallest absolute Gasteiger partial charge is 0.0110 e. The van der Waals surface area contributed by atoms with E-state index in [1.54, 1.807) is 0 Å². The lowest BCUT2D eigenvalue weighted by atomic mass is 9.96. The second-order valence-corrected chi connectivity index (χ2v) is 13.8. The van der Waals surface area contributed by atoms with E-state index < -0.39 is 0 Å². The van der Waals surface area contributed by atoms with E-state index in [0.29, 0.717) is 26.2 Å². The van der Waals surface area contributed by atoms with Gasteiger partial charge in [-0.05, 0) is 10.8 Å². The van der Waals surface area contributed by atoms with Crippen LogP contribution in [0.5, 0.6) is 0 Å². The Morgan fingerprint density at radius 3 is 1.17 bits per heavy atom. The molecule has 0 amide bonds. The van der Waals surface area contributed by atoms with Crippen LogP contribution in [0.4, 0.5) is 0 Å². The zero-order valence-electron chi connectivity index (χ0n) is 28.2. The lowest BCUT2D eigenvalue weighted by molar-refractivity contribution is 0.175. The second kappa shape index (κ2) is 24.9. The minimum atomic E-state index is 0.280. The Balaban J connectivity index is 4.95. The Morgan fingerprint density at radius 1 is 0.390 bits per heavy atom. The van der Waals surface area contributed by atoms with E-state index in [4.69, 9.17) is 22.9 Å². The topological polar surface area (TPSA) is 153 Å². The molecule has 11 N–H and O–H groups in total. The average molecular weight is 588 g/mol. The van der Waals surface area contributed by atoms with E-state index in [9.17, 15) is 0 Å². The van der Waals surface area contributed by atoms with Crippen molar-refractivity contribution in [2.24, 2.45) is 33.8 Å². The van der Waals surface area contributed by atoms with Crippen LogP contribution in [0.25, 0.3) is 0 Å². The Morgan fingerprint density at radius 2 is 0.756 bits per heavy atom. The molecule has 0 spiro atoms.